The van der Waals surface area contributed by atoms with Gasteiger partial charge in [-0.3, -0.25) is 0 Å². The Morgan fingerprint density at radius 3 is 2.43 bits per heavy atom. The smallest absolute Gasteiger partial charge is 0.118 e. The molecule has 0 spiro atoms. The zero-order chi connectivity index (χ0) is 9.84. The fourth-order valence-electron chi connectivity index (χ4n) is 1.33. The predicted octanol–water partition coefficient (Wildman–Crippen LogP) is 2.18. The summed E-state index contributed by atoms with van der Waals surface area (Å²) in [5.41, 5.74) is 5.95. The fraction of sp³-hybridized carbons (Fsp3) is 0.778. The van der Waals surface area contributed by atoms with E-state index in [0.717, 1.165) is 22.9 Å². The lowest BCUT2D eigenvalue weighted by molar-refractivity contribution is 0.492. The van der Waals surface area contributed by atoms with Gasteiger partial charge in [-0.2, -0.15) is 0 Å². The van der Waals surface area contributed by atoms with E-state index in [9.17, 15) is 0 Å². The number of rotatable bonds is 4. The van der Waals surface area contributed by atoms with Gasteiger partial charge in [-0.25, -0.2) is 0 Å². The van der Waals surface area contributed by atoms with Gasteiger partial charge in [-0.1, -0.05) is 13.8 Å². The van der Waals surface area contributed by atoms with Crippen molar-refractivity contribution < 1.29 is 0 Å². The van der Waals surface area contributed by atoms with Gasteiger partial charge < -0.3 is 5.73 Å². The Balaban J connectivity index is 0.00000169. The van der Waals surface area contributed by atoms with Crippen molar-refractivity contribution in [2.75, 3.05) is 0 Å². The van der Waals surface area contributed by atoms with Crippen LogP contribution in [0.2, 0.25) is 0 Å². The molecule has 0 saturated heterocycles. The molecular weight excluding hydrogens is 218 g/mol. The maximum absolute atomic E-state index is 5.95. The van der Waals surface area contributed by atoms with Crippen LogP contribution in [0.1, 0.15) is 30.3 Å². The van der Waals surface area contributed by atoms with Gasteiger partial charge in [-0.15, -0.1) is 33.9 Å². The molecule has 3 nitrogen and oxygen atoms in total. The number of aryl methyl sites for hydroxylation is 1. The van der Waals surface area contributed by atoms with Crippen LogP contribution in [0, 0.1) is 12.8 Å². The van der Waals surface area contributed by atoms with E-state index in [2.05, 4.69) is 24.0 Å². The Morgan fingerprint density at radius 1 is 1.36 bits per heavy atom. The molecule has 0 aliphatic rings. The largest absolute Gasteiger partial charge is 0.327 e. The summed E-state index contributed by atoms with van der Waals surface area (Å²) in [5.74, 6) is 0.656. The first-order valence-corrected chi connectivity index (χ1v) is 5.44. The van der Waals surface area contributed by atoms with E-state index >= 15 is 0 Å². The van der Waals surface area contributed by atoms with Gasteiger partial charge in [0.2, 0.25) is 0 Å². The van der Waals surface area contributed by atoms with Crippen LogP contribution in [0.15, 0.2) is 0 Å². The minimum absolute atomic E-state index is 0. The van der Waals surface area contributed by atoms with Crippen molar-refractivity contribution in [1.29, 1.82) is 0 Å². The molecule has 1 aromatic rings. The van der Waals surface area contributed by atoms with Crippen LogP contribution in [0.3, 0.4) is 0 Å². The van der Waals surface area contributed by atoms with Crippen molar-refractivity contribution in [3.05, 3.63) is 10.0 Å². The fourth-order valence-corrected chi connectivity index (χ4v) is 2.13. The summed E-state index contributed by atoms with van der Waals surface area (Å²) >= 11 is 1.64. The van der Waals surface area contributed by atoms with Crippen molar-refractivity contribution in [2.45, 2.75) is 39.7 Å². The van der Waals surface area contributed by atoms with E-state index < -0.39 is 0 Å². The van der Waals surface area contributed by atoms with Gasteiger partial charge in [0.15, 0.2) is 0 Å². The number of hydrogen-bond acceptors (Lipinski definition) is 4. The highest BCUT2D eigenvalue weighted by atomic mass is 35.5. The highest BCUT2D eigenvalue weighted by Gasteiger charge is 2.09. The van der Waals surface area contributed by atoms with Crippen LogP contribution in [0.5, 0.6) is 0 Å². The molecule has 0 aliphatic heterocycles. The SMILES string of the molecule is Cc1nnc(CC(N)CC(C)C)s1.Cl. The molecule has 2 N–H and O–H groups in total. The molecule has 0 radical (unpaired) electrons. The first-order valence-electron chi connectivity index (χ1n) is 4.62. The van der Waals surface area contributed by atoms with Crippen LogP contribution in [-0.4, -0.2) is 16.2 Å². The van der Waals surface area contributed by atoms with Gasteiger partial charge in [0.25, 0.3) is 0 Å². The molecule has 0 saturated carbocycles. The summed E-state index contributed by atoms with van der Waals surface area (Å²) in [6.07, 6.45) is 1.92. The van der Waals surface area contributed by atoms with E-state index in [1.807, 2.05) is 6.92 Å². The molecule has 0 amide bonds. The molecular formula is C9H18ClN3S. The van der Waals surface area contributed by atoms with Gasteiger partial charge in [0.05, 0.1) is 0 Å². The van der Waals surface area contributed by atoms with Crippen molar-refractivity contribution in [2.24, 2.45) is 11.7 Å². The Morgan fingerprint density at radius 2 is 2.00 bits per heavy atom. The van der Waals surface area contributed by atoms with Gasteiger partial charge in [0.1, 0.15) is 10.0 Å². The van der Waals surface area contributed by atoms with Crippen molar-refractivity contribution in [3.8, 4) is 0 Å². The molecule has 1 rings (SSSR count). The highest BCUT2D eigenvalue weighted by Crippen LogP contribution is 2.12. The zero-order valence-corrected chi connectivity index (χ0v) is 10.5. The average molecular weight is 236 g/mol. The van der Waals surface area contributed by atoms with Crippen LogP contribution < -0.4 is 5.73 Å². The van der Waals surface area contributed by atoms with Crippen molar-refractivity contribution >= 4 is 23.7 Å². The Hall–Kier alpha value is -0.190. The second-order valence-corrected chi connectivity index (χ2v) is 5.07. The number of hydrogen-bond donors (Lipinski definition) is 1. The number of nitrogens with two attached hydrogens (primary N) is 1. The molecule has 1 aromatic heterocycles. The van der Waals surface area contributed by atoms with E-state index in [1.54, 1.807) is 11.3 Å². The minimum atomic E-state index is 0. The number of aromatic nitrogens is 2. The molecule has 0 fully saturated rings. The third-order valence-electron chi connectivity index (χ3n) is 1.78. The summed E-state index contributed by atoms with van der Waals surface area (Å²) in [6, 6.07) is 0.229. The average Bonchev–Trinajstić information content (AvgIpc) is 2.33. The Kier molecular flexibility index (Phi) is 6.24. The zero-order valence-electron chi connectivity index (χ0n) is 8.86. The van der Waals surface area contributed by atoms with E-state index in [1.165, 1.54) is 0 Å². The molecule has 1 atom stereocenters. The topological polar surface area (TPSA) is 51.8 Å². The van der Waals surface area contributed by atoms with Crippen molar-refractivity contribution in [1.82, 2.24) is 10.2 Å². The molecule has 0 aromatic carbocycles. The lowest BCUT2D eigenvalue weighted by Gasteiger charge is -2.11. The van der Waals surface area contributed by atoms with Crippen LogP contribution >= 0.6 is 23.7 Å². The molecule has 0 aliphatic carbocycles. The number of halogens is 1. The molecule has 0 bridgehead atoms. The van der Waals surface area contributed by atoms with Crippen LogP contribution in [-0.2, 0) is 6.42 Å². The third kappa shape index (κ3) is 4.88. The van der Waals surface area contributed by atoms with Crippen LogP contribution in [0.25, 0.3) is 0 Å². The summed E-state index contributed by atoms with van der Waals surface area (Å²) in [5, 5.41) is 10.1. The molecule has 5 heteroatoms. The third-order valence-corrected chi connectivity index (χ3v) is 2.64. The normalized spacial score (nSPS) is 12.6. The first-order chi connectivity index (χ1) is 6.08. The van der Waals surface area contributed by atoms with Gasteiger partial charge in [0, 0.05) is 12.5 Å². The van der Waals surface area contributed by atoms with Crippen molar-refractivity contribution in [3.63, 3.8) is 0 Å². The quantitative estimate of drug-likeness (QED) is 0.871. The summed E-state index contributed by atoms with van der Waals surface area (Å²) in [7, 11) is 0. The maximum atomic E-state index is 5.95. The molecule has 1 heterocycles. The van der Waals surface area contributed by atoms with E-state index in [4.69, 9.17) is 5.73 Å². The maximum Gasteiger partial charge on any atom is 0.118 e. The van der Waals surface area contributed by atoms with E-state index in [0.29, 0.717) is 5.92 Å². The Labute approximate surface area is 95.5 Å². The minimum Gasteiger partial charge on any atom is -0.327 e. The summed E-state index contributed by atoms with van der Waals surface area (Å²) < 4.78 is 0. The molecule has 1 unspecified atom stereocenters. The monoisotopic (exact) mass is 235 g/mol. The lowest BCUT2D eigenvalue weighted by Crippen LogP contribution is -2.24. The van der Waals surface area contributed by atoms with Gasteiger partial charge >= 0.3 is 0 Å². The predicted molar refractivity (Wildman–Crippen MR) is 63.0 cm³/mol. The van der Waals surface area contributed by atoms with E-state index in [-0.39, 0.29) is 18.4 Å². The molecule has 82 valence electrons. The summed E-state index contributed by atoms with van der Waals surface area (Å²) in [6.45, 7) is 6.34. The Bertz CT molecular complexity index is 262. The first kappa shape index (κ1) is 13.8. The highest BCUT2D eigenvalue weighted by molar-refractivity contribution is 7.11. The second-order valence-electron chi connectivity index (χ2n) is 3.81. The van der Waals surface area contributed by atoms with Crippen LogP contribution in [0.4, 0.5) is 0 Å². The van der Waals surface area contributed by atoms with Gasteiger partial charge in [-0.05, 0) is 19.3 Å². The lowest BCUT2D eigenvalue weighted by atomic mass is 10.0. The summed E-state index contributed by atoms with van der Waals surface area (Å²) in [4.78, 5) is 0. The molecule has 14 heavy (non-hydrogen) atoms. The standard InChI is InChI=1S/C9H17N3S.ClH/c1-6(2)4-8(10)5-9-12-11-7(3)13-9;/h6,8H,4-5,10H2,1-3H3;1H. The number of nitrogens with zero attached hydrogens (tertiary/aromatic N) is 2. The second kappa shape index (κ2) is 6.32.